The largest absolute Gasteiger partial charge is 0.316 e. The van der Waals surface area contributed by atoms with Gasteiger partial charge in [-0.25, -0.2) is 4.39 Å². The van der Waals surface area contributed by atoms with Crippen LogP contribution in [0, 0.1) is 5.82 Å². The van der Waals surface area contributed by atoms with E-state index in [1.165, 1.54) is 12.1 Å². The zero-order valence-electron chi connectivity index (χ0n) is 9.07. The number of hydrogen-bond acceptors (Lipinski definition) is 2. The van der Waals surface area contributed by atoms with E-state index in [0.717, 1.165) is 23.4 Å². The molecular formula is C13H13FN2. The van der Waals surface area contributed by atoms with Crippen LogP contribution in [0.4, 0.5) is 4.39 Å². The van der Waals surface area contributed by atoms with E-state index < -0.39 is 0 Å². The standard InChI is InChI=1S/C13H13FN2/c1-15-9-10-6-7-16-13(8-10)11-2-4-12(14)5-3-11/h2-8,15H,9H2,1H3. The monoisotopic (exact) mass is 216 g/mol. The second kappa shape index (κ2) is 4.86. The van der Waals surface area contributed by atoms with Gasteiger partial charge >= 0.3 is 0 Å². The Kier molecular flexibility index (Phi) is 3.27. The second-order valence-corrected chi connectivity index (χ2v) is 3.59. The maximum absolute atomic E-state index is 12.8. The van der Waals surface area contributed by atoms with Gasteiger partial charge in [-0.05, 0) is 49.0 Å². The molecule has 0 aliphatic heterocycles. The summed E-state index contributed by atoms with van der Waals surface area (Å²) in [5, 5.41) is 3.08. The van der Waals surface area contributed by atoms with Crippen LogP contribution in [0.1, 0.15) is 5.56 Å². The van der Waals surface area contributed by atoms with E-state index in [1.807, 2.05) is 19.2 Å². The Morgan fingerprint density at radius 3 is 2.62 bits per heavy atom. The van der Waals surface area contributed by atoms with E-state index in [2.05, 4.69) is 10.3 Å². The summed E-state index contributed by atoms with van der Waals surface area (Å²) < 4.78 is 12.8. The highest BCUT2D eigenvalue weighted by molar-refractivity contribution is 5.59. The van der Waals surface area contributed by atoms with Crippen LogP contribution in [0.15, 0.2) is 42.6 Å². The summed E-state index contributed by atoms with van der Waals surface area (Å²) in [6, 6.07) is 10.3. The quantitative estimate of drug-likeness (QED) is 0.853. The van der Waals surface area contributed by atoms with Gasteiger partial charge in [0, 0.05) is 18.3 Å². The minimum Gasteiger partial charge on any atom is -0.316 e. The Bertz CT molecular complexity index is 466. The van der Waals surface area contributed by atoms with Gasteiger partial charge in [-0.3, -0.25) is 4.98 Å². The Hall–Kier alpha value is -1.74. The minimum atomic E-state index is -0.227. The molecule has 0 spiro atoms. The Labute approximate surface area is 94.2 Å². The summed E-state index contributed by atoms with van der Waals surface area (Å²) in [5.74, 6) is -0.227. The summed E-state index contributed by atoms with van der Waals surface area (Å²) in [6.45, 7) is 0.802. The van der Waals surface area contributed by atoms with Crippen LogP contribution in [0.25, 0.3) is 11.3 Å². The summed E-state index contributed by atoms with van der Waals surface area (Å²) in [5.41, 5.74) is 2.96. The maximum Gasteiger partial charge on any atom is 0.123 e. The third kappa shape index (κ3) is 2.44. The average molecular weight is 216 g/mol. The molecule has 1 heterocycles. The fourth-order valence-electron chi connectivity index (χ4n) is 1.57. The number of aromatic nitrogens is 1. The van der Waals surface area contributed by atoms with E-state index in [0.29, 0.717) is 0 Å². The van der Waals surface area contributed by atoms with Gasteiger partial charge in [0.1, 0.15) is 5.82 Å². The summed E-state index contributed by atoms with van der Waals surface area (Å²) in [7, 11) is 1.90. The van der Waals surface area contributed by atoms with E-state index in [1.54, 1.807) is 18.3 Å². The number of nitrogens with one attached hydrogen (secondary N) is 1. The molecule has 1 aromatic heterocycles. The molecule has 3 heteroatoms. The van der Waals surface area contributed by atoms with E-state index in [9.17, 15) is 4.39 Å². The van der Waals surface area contributed by atoms with Crippen molar-refractivity contribution in [1.82, 2.24) is 10.3 Å². The molecule has 0 atom stereocenters. The number of hydrogen-bond donors (Lipinski definition) is 1. The highest BCUT2D eigenvalue weighted by atomic mass is 19.1. The van der Waals surface area contributed by atoms with E-state index >= 15 is 0 Å². The molecule has 2 nitrogen and oxygen atoms in total. The molecule has 1 N–H and O–H groups in total. The smallest absolute Gasteiger partial charge is 0.123 e. The molecule has 2 aromatic rings. The SMILES string of the molecule is CNCc1ccnc(-c2ccc(F)cc2)c1. The lowest BCUT2D eigenvalue weighted by atomic mass is 10.1. The minimum absolute atomic E-state index is 0.227. The first-order valence-corrected chi connectivity index (χ1v) is 5.15. The van der Waals surface area contributed by atoms with Crippen LogP contribution in [-0.2, 0) is 6.54 Å². The van der Waals surface area contributed by atoms with Crippen molar-refractivity contribution in [2.75, 3.05) is 7.05 Å². The molecule has 82 valence electrons. The van der Waals surface area contributed by atoms with Crippen LogP contribution in [0.5, 0.6) is 0 Å². The molecule has 0 amide bonds. The molecule has 0 bridgehead atoms. The molecule has 0 radical (unpaired) electrons. The van der Waals surface area contributed by atoms with Gasteiger partial charge in [-0.1, -0.05) is 0 Å². The third-order valence-electron chi connectivity index (χ3n) is 2.35. The molecule has 0 saturated heterocycles. The predicted octanol–water partition coefficient (Wildman–Crippen LogP) is 2.61. The molecule has 0 unspecified atom stereocenters. The zero-order valence-corrected chi connectivity index (χ0v) is 9.07. The average Bonchev–Trinajstić information content (AvgIpc) is 2.31. The molecule has 2 rings (SSSR count). The molecule has 1 aromatic carbocycles. The number of nitrogens with zero attached hydrogens (tertiary/aromatic N) is 1. The number of benzene rings is 1. The Morgan fingerprint density at radius 1 is 1.19 bits per heavy atom. The lowest BCUT2D eigenvalue weighted by Crippen LogP contribution is -2.05. The van der Waals surface area contributed by atoms with Gasteiger partial charge in [0.25, 0.3) is 0 Å². The fourth-order valence-corrected chi connectivity index (χ4v) is 1.57. The van der Waals surface area contributed by atoms with Crippen LogP contribution in [0.3, 0.4) is 0 Å². The van der Waals surface area contributed by atoms with Crippen molar-refractivity contribution < 1.29 is 4.39 Å². The normalized spacial score (nSPS) is 10.4. The van der Waals surface area contributed by atoms with Gasteiger partial charge in [0.05, 0.1) is 5.69 Å². The zero-order chi connectivity index (χ0) is 11.4. The predicted molar refractivity (Wildman–Crippen MR) is 62.4 cm³/mol. The molecular weight excluding hydrogens is 203 g/mol. The van der Waals surface area contributed by atoms with Crippen molar-refractivity contribution >= 4 is 0 Å². The van der Waals surface area contributed by atoms with Crippen molar-refractivity contribution in [2.24, 2.45) is 0 Å². The van der Waals surface area contributed by atoms with E-state index in [4.69, 9.17) is 0 Å². The molecule has 0 aliphatic rings. The van der Waals surface area contributed by atoms with Gasteiger partial charge < -0.3 is 5.32 Å². The van der Waals surface area contributed by atoms with Gasteiger partial charge in [0.2, 0.25) is 0 Å². The van der Waals surface area contributed by atoms with Crippen LogP contribution < -0.4 is 5.32 Å². The number of pyridine rings is 1. The third-order valence-corrected chi connectivity index (χ3v) is 2.35. The van der Waals surface area contributed by atoms with Crippen molar-refractivity contribution in [3.8, 4) is 11.3 Å². The van der Waals surface area contributed by atoms with Crippen LogP contribution >= 0.6 is 0 Å². The fraction of sp³-hybridized carbons (Fsp3) is 0.154. The topological polar surface area (TPSA) is 24.9 Å². The lowest BCUT2D eigenvalue weighted by molar-refractivity contribution is 0.628. The molecule has 0 saturated carbocycles. The molecule has 16 heavy (non-hydrogen) atoms. The van der Waals surface area contributed by atoms with Gasteiger partial charge in [-0.15, -0.1) is 0 Å². The Balaban J connectivity index is 2.32. The number of halogens is 1. The highest BCUT2D eigenvalue weighted by Crippen LogP contribution is 2.18. The first kappa shape index (κ1) is 10.8. The van der Waals surface area contributed by atoms with E-state index in [-0.39, 0.29) is 5.82 Å². The van der Waals surface area contributed by atoms with Crippen molar-refractivity contribution in [3.63, 3.8) is 0 Å². The molecule has 0 fully saturated rings. The van der Waals surface area contributed by atoms with Crippen molar-refractivity contribution in [2.45, 2.75) is 6.54 Å². The van der Waals surface area contributed by atoms with Crippen LogP contribution in [0.2, 0.25) is 0 Å². The first-order chi connectivity index (χ1) is 7.79. The first-order valence-electron chi connectivity index (χ1n) is 5.15. The second-order valence-electron chi connectivity index (χ2n) is 3.59. The number of rotatable bonds is 3. The lowest BCUT2D eigenvalue weighted by Gasteiger charge is -2.04. The summed E-state index contributed by atoms with van der Waals surface area (Å²) in [4.78, 5) is 4.27. The Morgan fingerprint density at radius 2 is 1.94 bits per heavy atom. The summed E-state index contributed by atoms with van der Waals surface area (Å²) >= 11 is 0. The van der Waals surface area contributed by atoms with Crippen molar-refractivity contribution in [3.05, 3.63) is 54.0 Å². The highest BCUT2D eigenvalue weighted by Gasteiger charge is 2.00. The van der Waals surface area contributed by atoms with Gasteiger partial charge in [-0.2, -0.15) is 0 Å². The van der Waals surface area contributed by atoms with Gasteiger partial charge in [0.15, 0.2) is 0 Å². The molecule has 0 aliphatic carbocycles. The van der Waals surface area contributed by atoms with Crippen molar-refractivity contribution in [1.29, 1.82) is 0 Å². The maximum atomic E-state index is 12.8. The van der Waals surface area contributed by atoms with Crippen LogP contribution in [-0.4, -0.2) is 12.0 Å². The summed E-state index contributed by atoms with van der Waals surface area (Å²) in [6.07, 6.45) is 1.77.